The van der Waals surface area contributed by atoms with Crippen LogP contribution in [0.25, 0.3) is 0 Å². The molecule has 0 aliphatic rings. The Hall–Kier alpha value is -1.21. The van der Waals surface area contributed by atoms with Crippen molar-refractivity contribution in [1.82, 2.24) is 4.98 Å². The molecule has 1 atom stereocenters. The molecule has 0 aromatic carbocycles. The number of rotatable bonds is 4. The highest BCUT2D eigenvalue weighted by Gasteiger charge is 2.23. The molecule has 5 nitrogen and oxygen atoms in total. The molecule has 0 amide bonds. The van der Waals surface area contributed by atoms with Gasteiger partial charge in [0.2, 0.25) is 10.0 Å². The molecule has 0 saturated carbocycles. The molecule has 1 aromatic heterocycles. The third kappa shape index (κ3) is 3.14. The van der Waals surface area contributed by atoms with Crippen LogP contribution in [0.3, 0.4) is 0 Å². The average molecular weight is 259 g/mol. The Bertz CT molecular complexity index is 482. The predicted octanol–water partition coefficient (Wildman–Crippen LogP) is 0.806. The van der Waals surface area contributed by atoms with Crippen LogP contribution in [0.5, 0.6) is 0 Å². The van der Waals surface area contributed by atoms with Crippen LogP contribution in [0.2, 0.25) is 0 Å². The third-order valence-electron chi connectivity index (χ3n) is 2.02. The van der Waals surface area contributed by atoms with Crippen LogP contribution in [0.4, 0.5) is 5.82 Å². The molecule has 0 aliphatic carbocycles. The normalized spacial score (nSPS) is 13.1. The van der Waals surface area contributed by atoms with E-state index >= 15 is 0 Å². The molecule has 1 rings (SSSR count). The van der Waals surface area contributed by atoms with Crippen LogP contribution >= 0.6 is 12.2 Å². The van der Waals surface area contributed by atoms with E-state index in [0.717, 1.165) is 5.56 Å². The van der Waals surface area contributed by atoms with Crippen molar-refractivity contribution >= 4 is 33.0 Å². The minimum Gasteiger partial charge on any atom is -0.392 e. The molecule has 1 heterocycles. The molecule has 0 fully saturated rings. The lowest BCUT2D eigenvalue weighted by Crippen LogP contribution is -2.35. The summed E-state index contributed by atoms with van der Waals surface area (Å²) in [6.45, 7) is 3.29. The fourth-order valence-corrected chi connectivity index (χ4v) is 2.19. The van der Waals surface area contributed by atoms with Gasteiger partial charge in [-0.05, 0) is 25.5 Å². The minimum absolute atomic E-state index is 0.0698. The predicted molar refractivity (Wildman–Crippen MR) is 67.8 cm³/mol. The summed E-state index contributed by atoms with van der Waals surface area (Å²) in [5.41, 5.74) is 6.24. The SMILES string of the molecule is Cc1ccc(NS(=O)(=O)C(C)C(N)=S)nc1. The molecule has 1 unspecified atom stereocenters. The van der Waals surface area contributed by atoms with E-state index in [1.54, 1.807) is 18.3 Å². The maximum Gasteiger partial charge on any atom is 0.243 e. The first kappa shape index (κ1) is 12.9. The van der Waals surface area contributed by atoms with E-state index in [1.807, 2.05) is 6.92 Å². The Morgan fingerprint density at radius 3 is 2.62 bits per heavy atom. The molecule has 7 heteroatoms. The lowest BCUT2D eigenvalue weighted by Gasteiger charge is -2.12. The molecular weight excluding hydrogens is 246 g/mol. The Morgan fingerprint density at radius 1 is 1.56 bits per heavy atom. The number of nitrogens with two attached hydrogens (primary N) is 1. The van der Waals surface area contributed by atoms with Gasteiger partial charge in [-0.1, -0.05) is 18.3 Å². The number of nitrogens with one attached hydrogen (secondary N) is 1. The zero-order chi connectivity index (χ0) is 12.3. The molecule has 0 aliphatic heterocycles. The highest BCUT2D eigenvalue weighted by molar-refractivity contribution is 7.95. The summed E-state index contributed by atoms with van der Waals surface area (Å²) in [6, 6.07) is 3.34. The third-order valence-corrected chi connectivity index (χ3v) is 4.21. The van der Waals surface area contributed by atoms with E-state index in [9.17, 15) is 8.42 Å². The fourth-order valence-electron chi connectivity index (χ4n) is 0.915. The molecule has 0 spiro atoms. The van der Waals surface area contributed by atoms with Crippen LogP contribution in [0, 0.1) is 6.92 Å². The van der Waals surface area contributed by atoms with Gasteiger partial charge in [0, 0.05) is 6.20 Å². The number of aryl methyl sites for hydroxylation is 1. The van der Waals surface area contributed by atoms with Gasteiger partial charge in [-0.2, -0.15) is 0 Å². The molecule has 0 saturated heterocycles. The maximum absolute atomic E-state index is 11.7. The van der Waals surface area contributed by atoms with Crippen molar-refractivity contribution in [2.75, 3.05) is 4.72 Å². The highest BCUT2D eigenvalue weighted by Crippen LogP contribution is 2.09. The lowest BCUT2D eigenvalue weighted by atomic mass is 10.3. The van der Waals surface area contributed by atoms with Crippen molar-refractivity contribution in [3.05, 3.63) is 23.9 Å². The smallest absolute Gasteiger partial charge is 0.243 e. The molecule has 88 valence electrons. The Morgan fingerprint density at radius 2 is 2.19 bits per heavy atom. The summed E-state index contributed by atoms with van der Waals surface area (Å²) in [6.07, 6.45) is 1.57. The highest BCUT2D eigenvalue weighted by atomic mass is 32.2. The maximum atomic E-state index is 11.7. The summed E-state index contributed by atoms with van der Waals surface area (Å²) in [7, 11) is -3.60. The number of aromatic nitrogens is 1. The van der Waals surface area contributed by atoms with Crippen molar-refractivity contribution < 1.29 is 8.42 Å². The van der Waals surface area contributed by atoms with Crippen molar-refractivity contribution in [2.24, 2.45) is 5.73 Å². The Balaban J connectivity index is 2.89. The van der Waals surface area contributed by atoms with Crippen LogP contribution in [-0.2, 0) is 10.0 Å². The van der Waals surface area contributed by atoms with Crippen LogP contribution < -0.4 is 10.5 Å². The van der Waals surface area contributed by atoms with Gasteiger partial charge in [-0.3, -0.25) is 4.72 Å². The summed E-state index contributed by atoms with van der Waals surface area (Å²) >= 11 is 4.64. The standard InChI is InChI=1S/C9H13N3O2S2/c1-6-3-4-8(11-5-6)12-16(13,14)7(2)9(10)15/h3-5,7H,1-2H3,(H2,10,15)(H,11,12). The second-order valence-corrected chi connectivity index (χ2v) is 5.89. The summed E-state index contributed by atoms with van der Waals surface area (Å²) < 4.78 is 25.7. The van der Waals surface area contributed by atoms with Crippen LogP contribution in [0.15, 0.2) is 18.3 Å². The van der Waals surface area contributed by atoms with Gasteiger partial charge in [-0.25, -0.2) is 13.4 Å². The Labute approximate surface area is 100 Å². The van der Waals surface area contributed by atoms with Crippen molar-refractivity contribution in [3.8, 4) is 0 Å². The van der Waals surface area contributed by atoms with E-state index in [1.165, 1.54) is 6.92 Å². The van der Waals surface area contributed by atoms with Gasteiger partial charge in [0.05, 0.1) is 4.99 Å². The van der Waals surface area contributed by atoms with Gasteiger partial charge >= 0.3 is 0 Å². The van der Waals surface area contributed by atoms with Crippen molar-refractivity contribution in [1.29, 1.82) is 0 Å². The summed E-state index contributed by atoms with van der Waals surface area (Å²) in [4.78, 5) is 3.86. The fraction of sp³-hybridized carbons (Fsp3) is 0.333. The first-order valence-corrected chi connectivity index (χ1v) is 6.52. The number of anilines is 1. The molecular formula is C9H13N3O2S2. The minimum atomic E-state index is -3.60. The van der Waals surface area contributed by atoms with Crippen molar-refractivity contribution in [2.45, 2.75) is 19.1 Å². The van der Waals surface area contributed by atoms with Gasteiger partial charge in [-0.15, -0.1) is 0 Å². The molecule has 3 N–H and O–H groups in total. The quantitative estimate of drug-likeness (QED) is 0.781. The first-order chi connectivity index (χ1) is 7.33. The number of pyridine rings is 1. The van der Waals surface area contributed by atoms with Crippen LogP contribution in [-0.4, -0.2) is 23.6 Å². The zero-order valence-electron chi connectivity index (χ0n) is 8.97. The van der Waals surface area contributed by atoms with E-state index in [2.05, 4.69) is 21.9 Å². The average Bonchev–Trinajstić information content (AvgIpc) is 2.20. The molecule has 16 heavy (non-hydrogen) atoms. The molecule has 1 aromatic rings. The first-order valence-electron chi connectivity index (χ1n) is 4.56. The number of hydrogen-bond donors (Lipinski definition) is 2. The Kier molecular flexibility index (Phi) is 3.82. The van der Waals surface area contributed by atoms with Gasteiger partial charge in [0.1, 0.15) is 11.1 Å². The zero-order valence-corrected chi connectivity index (χ0v) is 10.6. The monoisotopic (exact) mass is 259 g/mol. The summed E-state index contributed by atoms with van der Waals surface area (Å²) in [5.74, 6) is 0.258. The van der Waals surface area contributed by atoms with Gasteiger partial charge in [0.15, 0.2) is 0 Å². The summed E-state index contributed by atoms with van der Waals surface area (Å²) in [5, 5.41) is -0.925. The van der Waals surface area contributed by atoms with Gasteiger partial charge in [0.25, 0.3) is 0 Å². The van der Waals surface area contributed by atoms with Crippen LogP contribution in [0.1, 0.15) is 12.5 Å². The van der Waals surface area contributed by atoms with E-state index in [-0.39, 0.29) is 10.8 Å². The number of sulfonamides is 1. The number of nitrogens with zero attached hydrogens (tertiary/aromatic N) is 1. The largest absolute Gasteiger partial charge is 0.392 e. The van der Waals surface area contributed by atoms with E-state index in [0.29, 0.717) is 0 Å². The molecule has 0 bridgehead atoms. The molecule has 0 radical (unpaired) electrons. The topological polar surface area (TPSA) is 85.1 Å². The lowest BCUT2D eigenvalue weighted by molar-refractivity contribution is 0.598. The van der Waals surface area contributed by atoms with E-state index in [4.69, 9.17) is 5.73 Å². The van der Waals surface area contributed by atoms with Gasteiger partial charge < -0.3 is 5.73 Å². The number of thiocarbonyl (C=S) groups is 1. The second kappa shape index (κ2) is 4.75. The second-order valence-electron chi connectivity index (χ2n) is 3.41. The van der Waals surface area contributed by atoms with Crippen molar-refractivity contribution in [3.63, 3.8) is 0 Å². The van der Waals surface area contributed by atoms with E-state index < -0.39 is 15.3 Å². The number of hydrogen-bond acceptors (Lipinski definition) is 4.